The maximum atomic E-state index is 10.4. The van der Waals surface area contributed by atoms with Crippen LogP contribution in [0.1, 0.15) is 12.8 Å². The van der Waals surface area contributed by atoms with Crippen LogP contribution in [0, 0.1) is 5.92 Å². The molecule has 0 radical (unpaired) electrons. The molecule has 0 aliphatic heterocycles. The third-order valence-corrected chi connectivity index (χ3v) is 4.71. The summed E-state index contributed by atoms with van der Waals surface area (Å²) in [6.45, 7) is 0.754. The molecule has 1 aliphatic carbocycles. The number of aliphatic hydroxyl groups excluding tert-OH is 1. The normalized spacial score (nSPS) is 23.0. The molecular weight excluding hydrogens is 340 g/mol. The van der Waals surface area contributed by atoms with Gasteiger partial charge >= 0.3 is 0 Å². The Hall–Kier alpha value is -2.38. The zero-order chi connectivity index (χ0) is 17.2. The van der Waals surface area contributed by atoms with Crippen molar-refractivity contribution in [2.45, 2.75) is 31.5 Å². The predicted molar refractivity (Wildman–Crippen MR) is 94.7 cm³/mol. The maximum absolute atomic E-state index is 10.4. The molecule has 25 heavy (non-hydrogen) atoms. The number of hydrogen-bond acceptors (Lipinski definition) is 5. The van der Waals surface area contributed by atoms with E-state index in [4.69, 9.17) is 11.6 Å². The molecule has 1 saturated carbocycles. The minimum atomic E-state index is -0.408. The summed E-state index contributed by atoms with van der Waals surface area (Å²) >= 11 is 5.91. The van der Waals surface area contributed by atoms with E-state index in [1.807, 2.05) is 39.8 Å². The van der Waals surface area contributed by atoms with Crippen molar-refractivity contribution in [1.82, 2.24) is 24.3 Å². The first-order valence-corrected chi connectivity index (χ1v) is 8.63. The third kappa shape index (κ3) is 3.67. The highest BCUT2D eigenvalue weighted by molar-refractivity contribution is 6.30. The highest BCUT2D eigenvalue weighted by atomic mass is 35.5. The molecule has 4 rings (SSSR count). The second-order valence-electron chi connectivity index (χ2n) is 6.39. The van der Waals surface area contributed by atoms with Crippen molar-refractivity contribution in [1.29, 1.82) is 0 Å². The Kier molecular flexibility index (Phi) is 4.42. The van der Waals surface area contributed by atoms with Crippen LogP contribution < -0.4 is 5.32 Å². The molecule has 0 bridgehead atoms. The smallest absolute Gasteiger partial charge is 0.140 e. The van der Waals surface area contributed by atoms with Crippen molar-refractivity contribution in [2.24, 2.45) is 5.92 Å². The lowest BCUT2D eigenvalue weighted by Crippen LogP contribution is -2.28. The van der Waals surface area contributed by atoms with Gasteiger partial charge < -0.3 is 10.4 Å². The molecule has 0 saturated heterocycles. The minimum absolute atomic E-state index is 0.0263. The quantitative estimate of drug-likeness (QED) is 0.731. The van der Waals surface area contributed by atoms with Gasteiger partial charge in [0.1, 0.15) is 18.0 Å². The lowest BCUT2D eigenvalue weighted by Gasteiger charge is -2.17. The van der Waals surface area contributed by atoms with Crippen LogP contribution in [0.5, 0.6) is 0 Å². The molecule has 1 fully saturated rings. The summed E-state index contributed by atoms with van der Waals surface area (Å²) in [5.41, 5.74) is 0. The van der Waals surface area contributed by atoms with Gasteiger partial charge in [0, 0.05) is 25.1 Å². The Morgan fingerprint density at radius 3 is 3.00 bits per heavy atom. The van der Waals surface area contributed by atoms with Gasteiger partial charge in [0.2, 0.25) is 0 Å². The first-order chi connectivity index (χ1) is 12.2. The van der Waals surface area contributed by atoms with E-state index in [1.165, 1.54) is 0 Å². The van der Waals surface area contributed by atoms with Crippen LogP contribution in [-0.4, -0.2) is 41.6 Å². The Morgan fingerprint density at radius 1 is 1.32 bits per heavy atom. The summed E-state index contributed by atoms with van der Waals surface area (Å²) < 4.78 is 3.68. The van der Waals surface area contributed by atoms with Crippen molar-refractivity contribution in [3.8, 4) is 5.82 Å². The standard InChI is InChI=1S/C17H19ClN6O/c18-13-8-20-24(10-13)9-12-6-14(15(25)7-12)21-16-2-1-3-17(22-16)23-5-4-19-11-23/h1-5,8,10-12,14-15,25H,6-7,9H2,(H,21,22)/t12?,14-,15-/m1/s1. The number of pyridine rings is 1. The highest BCUT2D eigenvalue weighted by Gasteiger charge is 2.33. The van der Waals surface area contributed by atoms with Gasteiger partial charge in [0.05, 0.1) is 23.4 Å². The molecule has 0 spiro atoms. The summed E-state index contributed by atoms with van der Waals surface area (Å²) in [6.07, 6.45) is 9.90. The summed E-state index contributed by atoms with van der Waals surface area (Å²) in [5, 5.41) is 18.6. The van der Waals surface area contributed by atoms with E-state index in [-0.39, 0.29) is 6.04 Å². The van der Waals surface area contributed by atoms with E-state index in [0.717, 1.165) is 31.0 Å². The Labute approximate surface area is 150 Å². The number of anilines is 1. The largest absolute Gasteiger partial charge is 0.391 e. The van der Waals surface area contributed by atoms with Crippen molar-refractivity contribution in [3.63, 3.8) is 0 Å². The van der Waals surface area contributed by atoms with Gasteiger partial charge in [0.25, 0.3) is 0 Å². The molecule has 1 unspecified atom stereocenters. The zero-order valence-electron chi connectivity index (χ0n) is 13.5. The van der Waals surface area contributed by atoms with Crippen molar-refractivity contribution < 1.29 is 5.11 Å². The zero-order valence-corrected chi connectivity index (χ0v) is 14.3. The first kappa shape index (κ1) is 16.1. The molecule has 3 aromatic rings. The number of rotatable bonds is 5. The van der Waals surface area contributed by atoms with Crippen LogP contribution in [0.15, 0.2) is 49.3 Å². The lowest BCUT2D eigenvalue weighted by atomic mass is 10.1. The van der Waals surface area contributed by atoms with Crippen LogP contribution in [0.3, 0.4) is 0 Å². The molecule has 0 amide bonds. The van der Waals surface area contributed by atoms with Gasteiger partial charge in [-0.2, -0.15) is 5.10 Å². The summed E-state index contributed by atoms with van der Waals surface area (Å²) in [6, 6.07) is 5.74. The average molecular weight is 359 g/mol. The van der Waals surface area contributed by atoms with Gasteiger partial charge in [-0.05, 0) is 30.9 Å². The molecule has 1 aliphatic rings. The molecule has 7 nitrogen and oxygen atoms in total. The highest BCUT2D eigenvalue weighted by Crippen LogP contribution is 2.29. The van der Waals surface area contributed by atoms with Crippen LogP contribution >= 0.6 is 11.6 Å². The minimum Gasteiger partial charge on any atom is -0.391 e. The Morgan fingerprint density at radius 2 is 2.24 bits per heavy atom. The summed E-state index contributed by atoms with van der Waals surface area (Å²) in [4.78, 5) is 8.63. The topological polar surface area (TPSA) is 80.8 Å². The van der Waals surface area contributed by atoms with Crippen LogP contribution in [0.2, 0.25) is 5.02 Å². The van der Waals surface area contributed by atoms with Gasteiger partial charge in [-0.3, -0.25) is 9.25 Å². The lowest BCUT2D eigenvalue weighted by molar-refractivity contribution is 0.166. The van der Waals surface area contributed by atoms with E-state index in [9.17, 15) is 5.11 Å². The van der Waals surface area contributed by atoms with Gasteiger partial charge in [-0.1, -0.05) is 17.7 Å². The average Bonchev–Trinajstić information content (AvgIpc) is 3.32. The number of halogens is 1. The van der Waals surface area contributed by atoms with E-state index < -0.39 is 6.10 Å². The fourth-order valence-electron chi connectivity index (χ4n) is 3.36. The number of imidazole rings is 1. The molecule has 0 aromatic carbocycles. The molecule has 3 heterocycles. The van der Waals surface area contributed by atoms with Crippen molar-refractivity contribution >= 4 is 17.4 Å². The Bertz CT molecular complexity index is 833. The molecule has 130 valence electrons. The number of aromatic nitrogens is 5. The van der Waals surface area contributed by atoms with E-state index >= 15 is 0 Å². The number of nitrogens with zero attached hydrogens (tertiary/aromatic N) is 5. The van der Waals surface area contributed by atoms with E-state index in [1.54, 1.807) is 18.7 Å². The molecule has 3 atom stereocenters. The first-order valence-electron chi connectivity index (χ1n) is 8.25. The fraction of sp³-hybridized carbons (Fsp3) is 0.353. The van der Waals surface area contributed by atoms with Crippen molar-refractivity contribution in [2.75, 3.05) is 5.32 Å². The second kappa shape index (κ2) is 6.85. The fourth-order valence-corrected chi connectivity index (χ4v) is 3.51. The Balaban J connectivity index is 1.42. The monoisotopic (exact) mass is 358 g/mol. The number of hydrogen-bond donors (Lipinski definition) is 2. The molecule has 3 aromatic heterocycles. The SMILES string of the molecule is O[C@@H]1CC(Cn2cc(Cl)cn2)C[C@H]1Nc1cccc(-n2ccnc2)n1. The third-order valence-electron chi connectivity index (χ3n) is 4.51. The van der Waals surface area contributed by atoms with Crippen LogP contribution in [0.4, 0.5) is 5.82 Å². The number of aliphatic hydroxyl groups is 1. The van der Waals surface area contributed by atoms with E-state index in [0.29, 0.717) is 10.9 Å². The molecule has 2 N–H and O–H groups in total. The molecular formula is C17H19ClN6O. The summed E-state index contributed by atoms with van der Waals surface area (Å²) in [7, 11) is 0. The van der Waals surface area contributed by atoms with Crippen LogP contribution in [0.25, 0.3) is 5.82 Å². The summed E-state index contributed by atoms with van der Waals surface area (Å²) in [5.74, 6) is 1.89. The number of nitrogens with one attached hydrogen (secondary N) is 1. The van der Waals surface area contributed by atoms with Gasteiger partial charge in [-0.15, -0.1) is 0 Å². The van der Waals surface area contributed by atoms with Crippen molar-refractivity contribution in [3.05, 3.63) is 54.3 Å². The van der Waals surface area contributed by atoms with Gasteiger partial charge in [-0.25, -0.2) is 9.97 Å². The second-order valence-corrected chi connectivity index (χ2v) is 6.82. The van der Waals surface area contributed by atoms with Crippen LogP contribution in [-0.2, 0) is 6.54 Å². The predicted octanol–water partition coefficient (Wildman–Crippen LogP) is 2.37. The maximum Gasteiger partial charge on any atom is 0.140 e. The van der Waals surface area contributed by atoms with E-state index in [2.05, 4.69) is 20.4 Å². The van der Waals surface area contributed by atoms with Gasteiger partial charge in [0.15, 0.2) is 0 Å². The molecule has 8 heteroatoms.